The lowest BCUT2D eigenvalue weighted by atomic mass is 9.99. The second-order valence-electron chi connectivity index (χ2n) is 7.08. The minimum atomic E-state index is -0.193. The highest BCUT2D eigenvalue weighted by molar-refractivity contribution is 14.0. The molecule has 0 aliphatic carbocycles. The molecule has 0 amide bonds. The summed E-state index contributed by atoms with van der Waals surface area (Å²) in [6, 6.07) is 5.15. The molecule has 1 aliphatic rings. The van der Waals surface area contributed by atoms with Crippen LogP contribution in [0.4, 0.5) is 4.39 Å². The summed E-state index contributed by atoms with van der Waals surface area (Å²) in [5.41, 5.74) is 1.66. The Hall–Kier alpha value is -1.42. The van der Waals surface area contributed by atoms with E-state index in [1.54, 1.807) is 13.1 Å². The number of aliphatic imine (C=N–C) groups is 1. The highest BCUT2D eigenvalue weighted by atomic mass is 127. The van der Waals surface area contributed by atoms with Gasteiger partial charge in [-0.1, -0.05) is 13.0 Å². The number of carbonyl (C=O) groups excluding carboxylic acids is 1. The molecule has 2 unspecified atom stereocenters. The van der Waals surface area contributed by atoms with Crippen LogP contribution in [0.2, 0.25) is 0 Å². The van der Waals surface area contributed by atoms with Crippen LogP contribution in [0.1, 0.15) is 18.1 Å². The van der Waals surface area contributed by atoms with E-state index < -0.39 is 0 Å². The van der Waals surface area contributed by atoms with Crippen molar-refractivity contribution < 1.29 is 13.9 Å². The lowest BCUT2D eigenvalue weighted by Gasteiger charge is -2.22. The number of carbonyl (C=O) groups is 1. The first-order chi connectivity index (χ1) is 12.3. The number of benzene rings is 1. The summed E-state index contributed by atoms with van der Waals surface area (Å²) in [4.78, 5) is 20.2. The van der Waals surface area contributed by atoms with Gasteiger partial charge in [0.1, 0.15) is 5.82 Å². The summed E-state index contributed by atoms with van der Waals surface area (Å²) in [7, 11) is 6.97. The number of nitrogens with zero attached hydrogens (tertiary/aromatic N) is 3. The molecule has 1 saturated heterocycles. The van der Waals surface area contributed by atoms with Crippen LogP contribution in [0.15, 0.2) is 23.2 Å². The van der Waals surface area contributed by atoms with Gasteiger partial charge in [0.15, 0.2) is 5.96 Å². The molecule has 8 heteroatoms. The Morgan fingerprint density at radius 2 is 2.11 bits per heavy atom. The van der Waals surface area contributed by atoms with E-state index in [-0.39, 0.29) is 47.6 Å². The van der Waals surface area contributed by atoms with Crippen molar-refractivity contribution >= 4 is 35.9 Å². The van der Waals surface area contributed by atoms with Gasteiger partial charge < -0.3 is 19.9 Å². The minimum Gasteiger partial charge on any atom is -0.469 e. The van der Waals surface area contributed by atoms with Crippen LogP contribution in [-0.2, 0) is 22.6 Å². The van der Waals surface area contributed by atoms with Crippen molar-refractivity contribution in [2.24, 2.45) is 16.8 Å². The van der Waals surface area contributed by atoms with E-state index >= 15 is 0 Å². The van der Waals surface area contributed by atoms with Gasteiger partial charge in [-0.05, 0) is 37.7 Å². The van der Waals surface area contributed by atoms with Crippen molar-refractivity contribution in [1.82, 2.24) is 15.1 Å². The van der Waals surface area contributed by atoms with E-state index in [2.05, 4.69) is 15.2 Å². The summed E-state index contributed by atoms with van der Waals surface area (Å²) in [5, 5.41) is 3.31. The molecule has 1 N–H and O–H groups in total. The zero-order valence-corrected chi connectivity index (χ0v) is 19.0. The molecule has 0 bridgehead atoms. The highest BCUT2D eigenvalue weighted by Gasteiger charge is 2.36. The second kappa shape index (κ2) is 10.8. The molecule has 6 nitrogen and oxygen atoms in total. The third-order valence-electron chi connectivity index (χ3n) is 4.67. The lowest BCUT2D eigenvalue weighted by molar-refractivity contribution is -0.145. The lowest BCUT2D eigenvalue weighted by Crippen LogP contribution is -2.40. The van der Waals surface area contributed by atoms with Gasteiger partial charge in [-0.2, -0.15) is 0 Å². The predicted octanol–water partition coefficient (Wildman–Crippen LogP) is 2.32. The molecule has 0 aromatic heterocycles. The number of guanidine groups is 1. The Labute approximate surface area is 178 Å². The van der Waals surface area contributed by atoms with Gasteiger partial charge in [-0.3, -0.25) is 9.79 Å². The average Bonchev–Trinajstić information content (AvgIpc) is 2.98. The molecule has 2 rings (SSSR count). The Morgan fingerprint density at radius 3 is 2.70 bits per heavy atom. The number of nitrogens with one attached hydrogen (secondary N) is 1. The zero-order chi connectivity index (χ0) is 19.3. The van der Waals surface area contributed by atoms with Crippen LogP contribution in [0.3, 0.4) is 0 Å². The quantitative estimate of drug-likeness (QED) is 0.296. The van der Waals surface area contributed by atoms with Crippen LogP contribution >= 0.6 is 24.0 Å². The van der Waals surface area contributed by atoms with E-state index in [4.69, 9.17) is 4.74 Å². The van der Waals surface area contributed by atoms with Crippen LogP contribution in [0, 0.1) is 17.7 Å². The predicted molar refractivity (Wildman–Crippen MR) is 116 cm³/mol. The average molecular weight is 492 g/mol. The molecule has 1 aliphatic heterocycles. The summed E-state index contributed by atoms with van der Waals surface area (Å²) >= 11 is 0. The van der Waals surface area contributed by atoms with E-state index in [1.807, 2.05) is 32.0 Å². The normalized spacial score (nSPS) is 19.8. The number of rotatable bonds is 5. The Balaban J connectivity index is 0.00000364. The first-order valence-corrected chi connectivity index (χ1v) is 8.81. The van der Waals surface area contributed by atoms with Gasteiger partial charge in [0.05, 0.1) is 13.0 Å². The summed E-state index contributed by atoms with van der Waals surface area (Å²) in [6.45, 7) is 4.47. The molecule has 1 aromatic rings. The number of halogens is 2. The van der Waals surface area contributed by atoms with Crippen molar-refractivity contribution in [3.05, 3.63) is 35.1 Å². The third kappa shape index (κ3) is 6.31. The molecular weight excluding hydrogens is 462 g/mol. The Bertz CT molecular complexity index is 669. The molecular formula is C19H30FIN4O2. The molecule has 1 heterocycles. The van der Waals surface area contributed by atoms with Crippen LogP contribution in [-0.4, -0.2) is 63.1 Å². The Morgan fingerprint density at radius 1 is 1.41 bits per heavy atom. The first kappa shape index (κ1) is 23.6. The Kier molecular flexibility index (Phi) is 9.44. The van der Waals surface area contributed by atoms with E-state index in [1.165, 1.54) is 13.2 Å². The van der Waals surface area contributed by atoms with Gasteiger partial charge in [0.2, 0.25) is 0 Å². The fourth-order valence-electron chi connectivity index (χ4n) is 3.31. The van der Waals surface area contributed by atoms with Gasteiger partial charge in [-0.15, -0.1) is 24.0 Å². The van der Waals surface area contributed by atoms with Crippen molar-refractivity contribution in [3.63, 3.8) is 0 Å². The third-order valence-corrected chi connectivity index (χ3v) is 4.67. The molecule has 1 aromatic carbocycles. The maximum Gasteiger partial charge on any atom is 0.310 e. The number of hydrogen-bond acceptors (Lipinski definition) is 4. The van der Waals surface area contributed by atoms with Crippen molar-refractivity contribution in [2.75, 3.05) is 41.3 Å². The SMILES string of the molecule is CN=C(NCc1ccc(F)c(CN(C)C)c1)N1CC(C)C(C(=O)OC)C1.I. The maximum absolute atomic E-state index is 13.9. The monoisotopic (exact) mass is 492 g/mol. The first-order valence-electron chi connectivity index (χ1n) is 8.81. The molecule has 27 heavy (non-hydrogen) atoms. The van der Waals surface area contributed by atoms with E-state index in [9.17, 15) is 9.18 Å². The number of esters is 1. The number of likely N-dealkylation sites (tertiary alicyclic amines) is 1. The van der Waals surface area contributed by atoms with Crippen LogP contribution in [0.5, 0.6) is 0 Å². The van der Waals surface area contributed by atoms with Gasteiger partial charge in [-0.25, -0.2) is 4.39 Å². The zero-order valence-electron chi connectivity index (χ0n) is 16.7. The molecule has 0 radical (unpaired) electrons. The number of hydrogen-bond donors (Lipinski definition) is 1. The smallest absolute Gasteiger partial charge is 0.310 e. The van der Waals surface area contributed by atoms with Gasteiger partial charge in [0, 0.05) is 38.8 Å². The summed E-state index contributed by atoms with van der Waals surface area (Å²) in [6.07, 6.45) is 0. The molecule has 0 saturated carbocycles. The minimum absolute atomic E-state index is 0. The maximum atomic E-state index is 13.9. The molecule has 152 valence electrons. The van der Waals surface area contributed by atoms with Gasteiger partial charge in [0.25, 0.3) is 0 Å². The standard InChI is InChI=1S/C19H29FN4O2.HI/c1-13-10-24(12-16(13)18(25)26-5)19(21-2)22-9-14-6-7-17(20)15(8-14)11-23(3)4;/h6-8,13,16H,9-12H2,1-5H3,(H,21,22);1H. The fourth-order valence-corrected chi connectivity index (χ4v) is 3.31. The van der Waals surface area contributed by atoms with Gasteiger partial charge >= 0.3 is 5.97 Å². The van der Waals surface area contributed by atoms with Crippen molar-refractivity contribution in [2.45, 2.75) is 20.0 Å². The van der Waals surface area contributed by atoms with Crippen molar-refractivity contribution in [3.8, 4) is 0 Å². The number of methoxy groups -OCH3 is 1. The largest absolute Gasteiger partial charge is 0.469 e. The van der Waals surface area contributed by atoms with Crippen LogP contribution in [0.25, 0.3) is 0 Å². The van der Waals surface area contributed by atoms with E-state index in [0.29, 0.717) is 25.2 Å². The second-order valence-corrected chi connectivity index (χ2v) is 7.08. The van der Waals surface area contributed by atoms with E-state index in [0.717, 1.165) is 18.1 Å². The fraction of sp³-hybridized carbons (Fsp3) is 0.579. The van der Waals surface area contributed by atoms with Crippen molar-refractivity contribution in [1.29, 1.82) is 0 Å². The molecule has 0 spiro atoms. The molecule has 1 fully saturated rings. The topological polar surface area (TPSA) is 57.2 Å². The summed E-state index contributed by atoms with van der Waals surface area (Å²) < 4.78 is 18.8. The van der Waals surface area contributed by atoms with Crippen LogP contribution < -0.4 is 5.32 Å². The highest BCUT2D eigenvalue weighted by Crippen LogP contribution is 2.24. The number of ether oxygens (including phenoxy) is 1. The summed E-state index contributed by atoms with van der Waals surface area (Å²) in [5.74, 6) is 0.430. The molecule has 2 atom stereocenters.